The van der Waals surface area contributed by atoms with E-state index >= 15 is 0 Å². The maximum Gasteiger partial charge on any atom is 0.291 e. The maximum absolute atomic E-state index is 13.3. The third-order valence-corrected chi connectivity index (χ3v) is 5.64. The molecule has 0 saturated carbocycles. The first-order valence-corrected chi connectivity index (χ1v) is 10.0. The number of Topliss-reactive ketones (excluding diaryl/α,β-unsaturated/α-hetero) is 1. The Labute approximate surface area is 162 Å². The molecule has 0 bridgehead atoms. The van der Waals surface area contributed by atoms with Gasteiger partial charge >= 0.3 is 0 Å². The molecule has 1 aliphatic rings. The van der Waals surface area contributed by atoms with Crippen molar-refractivity contribution in [3.05, 3.63) is 17.5 Å². The van der Waals surface area contributed by atoms with Gasteiger partial charge in [-0.1, -0.05) is 48.5 Å². The van der Waals surface area contributed by atoms with Crippen LogP contribution in [-0.2, 0) is 9.59 Å². The second kappa shape index (κ2) is 7.95. The summed E-state index contributed by atoms with van der Waals surface area (Å²) in [5, 5.41) is 4.52. The topological polar surface area (TPSA) is 72.3 Å². The molecule has 27 heavy (non-hydrogen) atoms. The highest BCUT2D eigenvalue weighted by Crippen LogP contribution is 2.27. The summed E-state index contributed by atoms with van der Waals surface area (Å²) in [6, 6.07) is 1.35. The highest BCUT2D eigenvalue weighted by Gasteiger charge is 2.42. The van der Waals surface area contributed by atoms with E-state index in [9.17, 15) is 14.4 Å². The maximum atomic E-state index is 13.3. The Kier molecular flexibility index (Phi) is 6.28. The molecule has 1 aliphatic heterocycles. The van der Waals surface area contributed by atoms with Gasteiger partial charge in [-0.25, -0.2) is 4.68 Å². The average molecular weight is 376 g/mol. The number of hydrogen-bond acceptors (Lipinski definition) is 4. The second-order valence-electron chi connectivity index (χ2n) is 8.78. The van der Waals surface area contributed by atoms with Crippen LogP contribution in [0.1, 0.15) is 95.7 Å². The van der Waals surface area contributed by atoms with E-state index in [4.69, 9.17) is 0 Å². The number of aromatic nitrogens is 2. The monoisotopic (exact) mass is 375 g/mol. The minimum absolute atomic E-state index is 0.139. The van der Waals surface area contributed by atoms with E-state index < -0.39 is 23.1 Å². The van der Waals surface area contributed by atoms with Gasteiger partial charge in [-0.15, -0.1) is 0 Å². The zero-order valence-electron chi connectivity index (χ0n) is 17.7. The molecule has 2 rings (SSSR count). The highest BCUT2D eigenvalue weighted by atomic mass is 16.2. The normalized spacial score (nSPS) is 17.8. The molecule has 1 atom stereocenters. The van der Waals surface area contributed by atoms with Crippen molar-refractivity contribution in [1.82, 2.24) is 14.7 Å². The largest absolute Gasteiger partial charge is 0.324 e. The molecule has 1 amide bonds. The SMILES string of the molecule is CCC(C)(C)C(=O)C(=O)N1CCCC1C(=O)n1nc(C(C)C)cc1C(C)C. The lowest BCUT2D eigenvalue weighted by Gasteiger charge is -2.27. The Bertz CT molecular complexity index is 731. The van der Waals surface area contributed by atoms with Gasteiger partial charge in [0.1, 0.15) is 6.04 Å². The van der Waals surface area contributed by atoms with Gasteiger partial charge in [0.05, 0.1) is 11.4 Å². The Balaban J connectivity index is 2.33. The molecule has 1 fully saturated rings. The number of rotatable bonds is 6. The molecule has 6 heteroatoms. The molecule has 0 aliphatic carbocycles. The molecule has 1 aromatic rings. The summed E-state index contributed by atoms with van der Waals surface area (Å²) < 4.78 is 1.46. The molecule has 0 aromatic carbocycles. The fraction of sp³-hybridized carbons (Fsp3) is 0.714. The van der Waals surface area contributed by atoms with Gasteiger partial charge < -0.3 is 4.90 Å². The molecular formula is C21H33N3O3. The van der Waals surface area contributed by atoms with Gasteiger partial charge in [0.25, 0.3) is 11.8 Å². The van der Waals surface area contributed by atoms with Gasteiger partial charge in [0, 0.05) is 12.0 Å². The van der Waals surface area contributed by atoms with E-state index in [1.54, 1.807) is 13.8 Å². The fourth-order valence-electron chi connectivity index (χ4n) is 3.27. The first-order valence-electron chi connectivity index (χ1n) is 10.0. The molecule has 0 radical (unpaired) electrons. The van der Waals surface area contributed by atoms with Crippen molar-refractivity contribution in [3.63, 3.8) is 0 Å². The predicted octanol–water partition coefficient (Wildman–Crippen LogP) is 3.77. The summed E-state index contributed by atoms with van der Waals surface area (Å²) in [5.41, 5.74) is 1.00. The molecule has 1 saturated heterocycles. The standard InChI is InChI=1S/C21H33N3O3/c1-8-21(6,7)18(25)20(27)23-11-9-10-16(23)19(26)24-17(14(4)5)12-15(22-24)13(2)3/h12-14,16H,8-11H2,1-7H3. The van der Waals surface area contributed by atoms with Gasteiger partial charge in [-0.3, -0.25) is 14.4 Å². The Hall–Kier alpha value is -1.98. The number of ketones is 1. The highest BCUT2D eigenvalue weighted by molar-refractivity contribution is 6.38. The summed E-state index contributed by atoms with van der Waals surface area (Å²) >= 11 is 0. The molecule has 0 spiro atoms. The number of hydrogen-bond donors (Lipinski definition) is 0. The lowest BCUT2D eigenvalue weighted by molar-refractivity contribution is -0.149. The van der Waals surface area contributed by atoms with Crippen LogP contribution in [0.15, 0.2) is 6.07 Å². The van der Waals surface area contributed by atoms with E-state index in [2.05, 4.69) is 5.10 Å². The zero-order chi connectivity index (χ0) is 20.5. The van der Waals surface area contributed by atoms with Crippen molar-refractivity contribution >= 4 is 17.6 Å². The van der Waals surface area contributed by atoms with Crippen LogP contribution in [-0.4, -0.2) is 44.9 Å². The van der Waals surface area contributed by atoms with Crippen LogP contribution < -0.4 is 0 Å². The van der Waals surface area contributed by atoms with Gasteiger partial charge in [-0.05, 0) is 37.2 Å². The summed E-state index contributed by atoms with van der Waals surface area (Å²) in [7, 11) is 0. The van der Waals surface area contributed by atoms with Crippen LogP contribution in [0.25, 0.3) is 0 Å². The van der Waals surface area contributed by atoms with Gasteiger partial charge in [0.2, 0.25) is 5.78 Å². The minimum Gasteiger partial charge on any atom is -0.324 e. The zero-order valence-corrected chi connectivity index (χ0v) is 17.7. The van der Waals surface area contributed by atoms with E-state index in [1.807, 2.05) is 40.7 Å². The first-order chi connectivity index (χ1) is 12.5. The number of carbonyl (C=O) groups excluding carboxylic acids is 3. The van der Waals surface area contributed by atoms with Gasteiger partial charge in [0.15, 0.2) is 0 Å². The van der Waals surface area contributed by atoms with Crippen LogP contribution >= 0.6 is 0 Å². The lowest BCUT2D eigenvalue weighted by atomic mass is 9.84. The van der Waals surface area contributed by atoms with Crippen LogP contribution in [0.4, 0.5) is 0 Å². The van der Waals surface area contributed by atoms with E-state index in [0.717, 1.165) is 17.8 Å². The quantitative estimate of drug-likeness (QED) is 0.710. The van der Waals surface area contributed by atoms with Crippen molar-refractivity contribution in [2.24, 2.45) is 5.41 Å². The first kappa shape index (κ1) is 21.3. The lowest BCUT2D eigenvalue weighted by Crippen LogP contribution is -2.49. The summed E-state index contributed by atoms with van der Waals surface area (Å²) in [6.45, 7) is 14.0. The molecule has 0 N–H and O–H groups in total. The van der Waals surface area contributed by atoms with Crippen molar-refractivity contribution in [1.29, 1.82) is 0 Å². The molecular weight excluding hydrogens is 342 g/mol. The van der Waals surface area contributed by atoms with Gasteiger partial charge in [-0.2, -0.15) is 5.10 Å². The number of likely N-dealkylation sites (tertiary alicyclic amines) is 1. The van der Waals surface area contributed by atoms with Crippen molar-refractivity contribution in [2.45, 2.75) is 85.6 Å². The van der Waals surface area contributed by atoms with Crippen LogP contribution in [0.3, 0.4) is 0 Å². The van der Waals surface area contributed by atoms with Crippen molar-refractivity contribution < 1.29 is 14.4 Å². The Morgan fingerprint density at radius 2 is 1.81 bits per heavy atom. The average Bonchev–Trinajstić information content (AvgIpc) is 3.26. The van der Waals surface area contributed by atoms with E-state index in [1.165, 1.54) is 9.58 Å². The number of carbonyl (C=O) groups is 3. The molecule has 1 aromatic heterocycles. The second-order valence-corrected chi connectivity index (χ2v) is 8.78. The summed E-state index contributed by atoms with van der Waals surface area (Å²) in [5.74, 6) is -0.819. The minimum atomic E-state index is -0.715. The molecule has 1 unspecified atom stereocenters. The van der Waals surface area contributed by atoms with Crippen LogP contribution in [0, 0.1) is 5.41 Å². The fourth-order valence-corrected chi connectivity index (χ4v) is 3.27. The van der Waals surface area contributed by atoms with Crippen LogP contribution in [0.5, 0.6) is 0 Å². The molecule has 2 heterocycles. The third kappa shape index (κ3) is 4.14. The van der Waals surface area contributed by atoms with Crippen LogP contribution in [0.2, 0.25) is 0 Å². The Morgan fingerprint density at radius 3 is 2.33 bits per heavy atom. The number of amides is 1. The van der Waals surface area contributed by atoms with Crippen molar-refractivity contribution in [2.75, 3.05) is 6.54 Å². The van der Waals surface area contributed by atoms with E-state index in [-0.39, 0.29) is 17.7 Å². The smallest absolute Gasteiger partial charge is 0.291 e. The van der Waals surface area contributed by atoms with Crippen molar-refractivity contribution in [3.8, 4) is 0 Å². The summed E-state index contributed by atoms with van der Waals surface area (Å²) in [6.07, 6.45) is 1.87. The van der Waals surface area contributed by atoms with E-state index in [0.29, 0.717) is 19.4 Å². The molecule has 6 nitrogen and oxygen atoms in total. The summed E-state index contributed by atoms with van der Waals surface area (Å²) in [4.78, 5) is 40.2. The predicted molar refractivity (Wildman–Crippen MR) is 105 cm³/mol. The number of nitrogens with zero attached hydrogens (tertiary/aromatic N) is 3. The Morgan fingerprint density at radius 1 is 1.19 bits per heavy atom. The molecule has 150 valence electrons. The third-order valence-electron chi connectivity index (χ3n) is 5.64.